The first-order chi connectivity index (χ1) is 9.15. The van der Waals surface area contributed by atoms with E-state index in [4.69, 9.17) is 15.0 Å². The number of nitrogens with zero attached hydrogens (tertiary/aromatic N) is 2. The van der Waals surface area contributed by atoms with Crippen LogP contribution in [0.1, 0.15) is 37.3 Å². The third-order valence-corrected chi connectivity index (χ3v) is 3.08. The molecule has 0 radical (unpaired) electrons. The number of hydrogen-bond acceptors (Lipinski definition) is 5. The molecule has 1 aromatic carbocycles. The van der Waals surface area contributed by atoms with Crippen LogP contribution in [0.25, 0.3) is 11.5 Å². The molecule has 0 fully saturated rings. The first kappa shape index (κ1) is 13.5. The van der Waals surface area contributed by atoms with E-state index in [0.29, 0.717) is 11.7 Å². The zero-order valence-electron chi connectivity index (χ0n) is 11.5. The molecule has 19 heavy (non-hydrogen) atoms. The molecule has 1 atom stereocenters. The molecule has 5 nitrogen and oxygen atoms in total. The average Bonchev–Trinajstić information content (AvgIpc) is 2.88. The molecule has 1 aromatic heterocycles. The van der Waals surface area contributed by atoms with Crippen LogP contribution in [-0.2, 0) is 4.74 Å². The lowest BCUT2D eigenvalue weighted by atomic mass is 10.1. The summed E-state index contributed by atoms with van der Waals surface area (Å²) < 4.78 is 10.7. The van der Waals surface area contributed by atoms with E-state index in [-0.39, 0.29) is 6.10 Å². The van der Waals surface area contributed by atoms with Crippen LogP contribution in [-0.4, -0.2) is 17.3 Å². The Morgan fingerprint density at radius 1 is 1.42 bits per heavy atom. The molecule has 0 aliphatic heterocycles. The van der Waals surface area contributed by atoms with Crippen LogP contribution in [0.4, 0.5) is 5.69 Å². The molecule has 0 bridgehead atoms. The van der Waals surface area contributed by atoms with E-state index < -0.39 is 0 Å². The van der Waals surface area contributed by atoms with Crippen LogP contribution >= 0.6 is 0 Å². The largest absolute Gasteiger partial charge is 0.399 e. The summed E-state index contributed by atoms with van der Waals surface area (Å²) in [6.45, 7) is 4.04. The maximum Gasteiger partial charge on any atom is 0.258 e. The number of nitrogens with two attached hydrogens (primary N) is 1. The molecule has 0 saturated heterocycles. The summed E-state index contributed by atoms with van der Waals surface area (Å²) in [6.07, 6.45) is 1.76. The Bertz CT molecular complexity index is 551. The minimum Gasteiger partial charge on any atom is -0.399 e. The van der Waals surface area contributed by atoms with Gasteiger partial charge in [-0.05, 0) is 37.1 Å². The zero-order valence-corrected chi connectivity index (χ0v) is 11.5. The van der Waals surface area contributed by atoms with Crippen molar-refractivity contribution in [2.24, 2.45) is 0 Å². The first-order valence-corrected chi connectivity index (χ1v) is 6.38. The average molecular weight is 261 g/mol. The van der Waals surface area contributed by atoms with E-state index >= 15 is 0 Å². The monoisotopic (exact) mass is 261 g/mol. The molecule has 2 rings (SSSR count). The van der Waals surface area contributed by atoms with Gasteiger partial charge in [-0.1, -0.05) is 18.5 Å². The van der Waals surface area contributed by atoms with Gasteiger partial charge in [0.2, 0.25) is 5.82 Å². The van der Waals surface area contributed by atoms with Crippen LogP contribution < -0.4 is 5.73 Å². The zero-order chi connectivity index (χ0) is 13.8. The number of hydrogen-bond donors (Lipinski definition) is 1. The minimum absolute atomic E-state index is 0.114. The maximum absolute atomic E-state index is 5.79. The standard InChI is InChI=1S/C14H19N3O2/c1-4-5-12(18-3)13-16-14(19-17-13)10-6-7-11(15)9(2)8-10/h6-8,12H,4-5,15H2,1-3H3. The van der Waals surface area contributed by atoms with E-state index in [9.17, 15) is 0 Å². The number of methoxy groups -OCH3 is 1. The Hall–Kier alpha value is -1.88. The first-order valence-electron chi connectivity index (χ1n) is 6.38. The fraction of sp³-hybridized carbons (Fsp3) is 0.429. The van der Waals surface area contributed by atoms with E-state index in [1.54, 1.807) is 7.11 Å². The number of anilines is 1. The Balaban J connectivity index is 2.27. The summed E-state index contributed by atoms with van der Waals surface area (Å²) >= 11 is 0. The van der Waals surface area contributed by atoms with Gasteiger partial charge in [0.25, 0.3) is 5.89 Å². The molecular weight excluding hydrogens is 242 g/mol. The van der Waals surface area contributed by atoms with Gasteiger partial charge in [0, 0.05) is 18.4 Å². The Kier molecular flexibility index (Phi) is 4.16. The molecule has 2 N–H and O–H groups in total. The van der Waals surface area contributed by atoms with Gasteiger partial charge in [0.05, 0.1) is 0 Å². The van der Waals surface area contributed by atoms with Gasteiger partial charge in [-0.25, -0.2) is 0 Å². The highest BCUT2D eigenvalue weighted by molar-refractivity contribution is 5.60. The number of nitrogen functional groups attached to an aromatic ring is 1. The number of benzene rings is 1. The van der Waals surface area contributed by atoms with E-state index in [1.165, 1.54) is 0 Å². The fourth-order valence-electron chi connectivity index (χ4n) is 1.91. The lowest BCUT2D eigenvalue weighted by Crippen LogP contribution is -2.03. The molecule has 0 saturated carbocycles. The highest BCUT2D eigenvalue weighted by atomic mass is 16.5. The lowest BCUT2D eigenvalue weighted by molar-refractivity contribution is 0.0854. The highest BCUT2D eigenvalue weighted by Gasteiger charge is 2.17. The second-order valence-corrected chi connectivity index (χ2v) is 4.54. The van der Waals surface area contributed by atoms with Crippen LogP contribution in [0.5, 0.6) is 0 Å². The fourth-order valence-corrected chi connectivity index (χ4v) is 1.91. The van der Waals surface area contributed by atoms with Crippen LogP contribution in [0, 0.1) is 6.92 Å². The van der Waals surface area contributed by atoms with Gasteiger partial charge in [0.1, 0.15) is 6.10 Å². The van der Waals surface area contributed by atoms with Crippen LogP contribution in [0.3, 0.4) is 0 Å². The van der Waals surface area contributed by atoms with E-state index in [2.05, 4.69) is 17.1 Å². The number of rotatable bonds is 5. The van der Waals surface area contributed by atoms with Gasteiger partial charge in [-0.2, -0.15) is 4.98 Å². The summed E-state index contributed by atoms with van der Waals surface area (Å²) in [5.41, 5.74) is 8.42. The Labute approximate surface area is 112 Å². The predicted molar refractivity (Wildman–Crippen MR) is 73.5 cm³/mol. The number of aryl methyl sites for hydroxylation is 1. The topological polar surface area (TPSA) is 74.2 Å². The second kappa shape index (κ2) is 5.84. The van der Waals surface area contributed by atoms with Gasteiger partial charge in [-0.15, -0.1) is 0 Å². The summed E-state index contributed by atoms with van der Waals surface area (Å²) in [5.74, 6) is 1.09. The highest BCUT2D eigenvalue weighted by Crippen LogP contribution is 2.25. The summed E-state index contributed by atoms with van der Waals surface area (Å²) in [7, 11) is 1.66. The molecule has 2 aromatic rings. The van der Waals surface area contributed by atoms with Crippen molar-refractivity contribution in [3.63, 3.8) is 0 Å². The predicted octanol–water partition coefficient (Wildman–Crippen LogP) is 3.11. The second-order valence-electron chi connectivity index (χ2n) is 4.54. The number of ether oxygens (including phenoxy) is 1. The van der Waals surface area contributed by atoms with E-state index in [0.717, 1.165) is 29.7 Å². The van der Waals surface area contributed by atoms with Gasteiger partial charge in [-0.3, -0.25) is 0 Å². The summed E-state index contributed by atoms with van der Waals surface area (Å²) in [5, 5.41) is 3.99. The van der Waals surface area contributed by atoms with Crippen molar-refractivity contribution in [3.05, 3.63) is 29.6 Å². The molecule has 0 spiro atoms. The maximum atomic E-state index is 5.79. The quantitative estimate of drug-likeness (QED) is 0.837. The van der Waals surface area contributed by atoms with Crippen molar-refractivity contribution < 1.29 is 9.26 Å². The van der Waals surface area contributed by atoms with Crippen molar-refractivity contribution in [3.8, 4) is 11.5 Å². The Morgan fingerprint density at radius 2 is 2.21 bits per heavy atom. The van der Waals surface area contributed by atoms with Crippen LogP contribution in [0.2, 0.25) is 0 Å². The lowest BCUT2D eigenvalue weighted by Gasteiger charge is -2.08. The van der Waals surface area contributed by atoms with Crippen molar-refractivity contribution in [2.75, 3.05) is 12.8 Å². The molecule has 0 amide bonds. The molecule has 102 valence electrons. The van der Waals surface area contributed by atoms with Gasteiger partial charge < -0.3 is 15.0 Å². The molecule has 0 aliphatic carbocycles. The smallest absolute Gasteiger partial charge is 0.258 e. The van der Waals surface area contributed by atoms with Crippen molar-refractivity contribution in [1.82, 2.24) is 10.1 Å². The molecule has 1 heterocycles. The molecular formula is C14H19N3O2. The van der Waals surface area contributed by atoms with Crippen molar-refractivity contribution >= 4 is 5.69 Å². The third-order valence-electron chi connectivity index (χ3n) is 3.08. The minimum atomic E-state index is -0.114. The third kappa shape index (κ3) is 2.93. The van der Waals surface area contributed by atoms with Gasteiger partial charge in [0.15, 0.2) is 0 Å². The summed E-state index contributed by atoms with van der Waals surface area (Å²) in [4.78, 5) is 4.40. The van der Waals surface area contributed by atoms with Gasteiger partial charge >= 0.3 is 0 Å². The molecule has 5 heteroatoms. The number of aromatic nitrogens is 2. The van der Waals surface area contributed by atoms with E-state index in [1.807, 2.05) is 25.1 Å². The molecule has 1 unspecified atom stereocenters. The Morgan fingerprint density at radius 3 is 2.84 bits per heavy atom. The van der Waals surface area contributed by atoms with Crippen molar-refractivity contribution in [2.45, 2.75) is 32.8 Å². The SMILES string of the molecule is CCCC(OC)c1noc(-c2ccc(N)c(C)c2)n1. The summed E-state index contributed by atoms with van der Waals surface area (Å²) in [6, 6.07) is 5.66. The molecule has 0 aliphatic rings. The van der Waals surface area contributed by atoms with Crippen molar-refractivity contribution in [1.29, 1.82) is 0 Å². The van der Waals surface area contributed by atoms with Crippen LogP contribution in [0.15, 0.2) is 22.7 Å². The normalized spacial score (nSPS) is 12.6.